The fourth-order valence-corrected chi connectivity index (χ4v) is 1.23. The smallest absolute Gasteiger partial charge is 0.422 e. The van der Waals surface area contributed by atoms with Crippen LogP contribution in [0.2, 0.25) is 0 Å². The van der Waals surface area contributed by atoms with Crippen LogP contribution in [0.5, 0.6) is 5.75 Å². The summed E-state index contributed by atoms with van der Waals surface area (Å²) >= 11 is 0. The number of rotatable bonds is 5. The molecule has 0 aromatic heterocycles. The highest BCUT2D eigenvalue weighted by Crippen LogP contribution is 2.14. The van der Waals surface area contributed by atoms with Crippen molar-refractivity contribution in [3.63, 3.8) is 0 Å². The number of carbonyl (C=O) groups excluding carboxylic acids is 1. The van der Waals surface area contributed by atoms with Gasteiger partial charge < -0.3 is 14.8 Å². The van der Waals surface area contributed by atoms with Gasteiger partial charge in [0.2, 0.25) is 0 Å². The van der Waals surface area contributed by atoms with Crippen molar-refractivity contribution in [2.75, 3.05) is 19.8 Å². The number of carbonyl (C=O) groups is 1. The van der Waals surface area contributed by atoms with Crippen LogP contribution in [0.25, 0.3) is 0 Å². The lowest BCUT2D eigenvalue weighted by atomic mass is 10.2. The lowest BCUT2D eigenvalue weighted by Gasteiger charge is -2.10. The van der Waals surface area contributed by atoms with Crippen molar-refractivity contribution in [3.8, 4) is 5.75 Å². The third kappa shape index (κ3) is 7.17. The number of amides is 1. The topological polar surface area (TPSA) is 47.6 Å². The number of alkyl carbamates (subject to hydrolysis) is 1. The van der Waals surface area contributed by atoms with Crippen LogP contribution < -0.4 is 10.1 Å². The van der Waals surface area contributed by atoms with Gasteiger partial charge >= 0.3 is 12.3 Å². The molecule has 0 heterocycles. The summed E-state index contributed by atoms with van der Waals surface area (Å²) in [5.41, 5.74) is 1.02. The second-order valence-electron chi connectivity index (χ2n) is 3.78. The molecule has 0 saturated heterocycles. The summed E-state index contributed by atoms with van der Waals surface area (Å²) in [7, 11) is 0. The number of ether oxygens (including phenoxy) is 2. The Bertz CT molecular complexity index is 421. The van der Waals surface area contributed by atoms with Crippen LogP contribution in [0.1, 0.15) is 5.56 Å². The van der Waals surface area contributed by atoms with E-state index < -0.39 is 18.9 Å². The van der Waals surface area contributed by atoms with Gasteiger partial charge in [0.15, 0.2) is 6.61 Å². The van der Waals surface area contributed by atoms with Gasteiger partial charge in [0.05, 0.1) is 6.54 Å². The van der Waals surface area contributed by atoms with Crippen LogP contribution in [0.15, 0.2) is 24.3 Å². The first-order valence-corrected chi connectivity index (χ1v) is 5.54. The molecule has 0 saturated carbocycles. The number of benzene rings is 1. The van der Waals surface area contributed by atoms with Crippen molar-refractivity contribution in [2.24, 2.45) is 0 Å². The highest BCUT2D eigenvalue weighted by atomic mass is 19.4. The van der Waals surface area contributed by atoms with Gasteiger partial charge in [-0.1, -0.05) is 12.1 Å². The number of hydrogen-bond donors (Lipinski definition) is 1. The van der Waals surface area contributed by atoms with E-state index in [2.05, 4.69) is 10.1 Å². The SMILES string of the molecule is Cc1cccc(OCCNC(=O)OCC(F)(F)F)c1. The number of alkyl halides is 3. The Morgan fingerprint density at radius 3 is 2.74 bits per heavy atom. The van der Waals surface area contributed by atoms with E-state index in [4.69, 9.17) is 4.74 Å². The van der Waals surface area contributed by atoms with Gasteiger partial charge in [-0.2, -0.15) is 13.2 Å². The molecule has 0 aliphatic heterocycles. The minimum absolute atomic E-state index is 0.0602. The summed E-state index contributed by atoms with van der Waals surface area (Å²) in [6, 6.07) is 7.27. The van der Waals surface area contributed by atoms with Crippen LogP contribution in [0.3, 0.4) is 0 Å². The second-order valence-corrected chi connectivity index (χ2v) is 3.78. The van der Waals surface area contributed by atoms with Gasteiger partial charge in [-0.3, -0.25) is 0 Å². The van der Waals surface area contributed by atoms with Gasteiger partial charge in [0, 0.05) is 0 Å². The van der Waals surface area contributed by atoms with Crippen molar-refractivity contribution >= 4 is 6.09 Å². The second kappa shape index (κ2) is 6.86. The molecule has 106 valence electrons. The molecule has 1 N–H and O–H groups in total. The molecule has 0 aliphatic rings. The van der Waals surface area contributed by atoms with E-state index in [0.29, 0.717) is 5.75 Å². The monoisotopic (exact) mass is 277 g/mol. The maximum Gasteiger partial charge on any atom is 0.422 e. The zero-order chi connectivity index (χ0) is 14.3. The van der Waals surface area contributed by atoms with Gasteiger partial charge in [-0.15, -0.1) is 0 Å². The number of halogens is 3. The zero-order valence-corrected chi connectivity index (χ0v) is 10.3. The molecule has 19 heavy (non-hydrogen) atoms. The average molecular weight is 277 g/mol. The summed E-state index contributed by atoms with van der Waals surface area (Å²) in [5.74, 6) is 0.630. The molecule has 4 nitrogen and oxygen atoms in total. The minimum atomic E-state index is -4.52. The minimum Gasteiger partial charge on any atom is -0.492 e. The van der Waals surface area contributed by atoms with Crippen molar-refractivity contribution < 1.29 is 27.4 Å². The molecule has 0 atom stereocenters. The first-order chi connectivity index (χ1) is 8.87. The molecule has 1 amide bonds. The van der Waals surface area contributed by atoms with Crippen LogP contribution in [-0.4, -0.2) is 32.0 Å². The summed E-state index contributed by atoms with van der Waals surface area (Å²) in [5, 5.41) is 2.15. The highest BCUT2D eigenvalue weighted by Gasteiger charge is 2.29. The third-order valence-electron chi connectivity index (χ3n) is 2.00. The van der Waals surface area contributed by atoms with Crippen molar-refractivity contribution in [1.82, 2.24) is 5.32 Å². The van der Waals surface area contributed by atoms with E-state index in [1.165, 1.54) is 0 Å². The molecular formula is C12H14F3NO3. The molecule has 0 bridgehead atoms. The summed E-state index contributed by atoms with van der Waals surface area (Å²) in [6.45, 7) is 0.506. The maximum atomic E-state index is 11.7. The lowest BCUT2D eigenvalue weighted by molar-refractivity contribution is -0.160. The first kappa shape index (κ1) is 15.1. The Morgan fingerprint density at radius 1 is 1.37 bits per heavy atom. The van der Waals surface area contributed by atoms with E-state index in [1.807, 2.05) is 25.1 Å². The van der Waals surface area contributed by atoms with Crippen molar-refractivity contribution in [3.05, 3.63) is 29.8 Å². The molecule has 0 radical (unpaired) electrons. The van der Waals surface area contributed by atoms with Crippen molar-refractivity contribution in [2.45, 2.75) is 13.1 Å². The predicted molar refractivity (Wildman–Crippen MR) is 62.1 cm³/mol. The fourth-order valence-electron chi connectivity index (χ4n) is 1.23. The number of hydrogen-bond acceptors (Lipinski definition) is 3. The van der Waals surface area contributed by atoms with Crippen molar-refractivity contribution in [1.29, 1.82) is 0 Å². The maximum absolute atomic E-state index is 11.7. The predicted octanol–water partition coefficient (Wildman–Crippen LogP) is 2.66. The largest absolute Gasteiger partial charge is 0.492 e. The Kier molecular flexibility index (Phi) is 5.47. The molecule has 0 aliphatic carbocycles. The Balaban J connectivity index is 2.15. The Hall–Kier alpha value is -1.92. The Labute approximate surface area is 108 Å². The third-order valence-corrected chi connectivity index (χ3v) is 2.00. The molecule has 1 rings (SSSR count). The van der Waals surface area contributed by atoms with Crippen LogP contribution in [-0.2, 0) is 4.74 Å². The fraction of sp³-hybridized carbons (Fsp3) is 0.417. The molecule has 1 aromatic rings. The zero-order valence-electron chi connectivity index (χ0n) is 10.3. The summed E-state index contributed by atoms with van der Waals surface area (Å²) in [6.07, 6.45) is -5.64. The van der Waals surface area contributed by atoms with Gasteiger partial charge in [0.25, 0.3) is 0 Å². The van der Waals surface area contributed by atoms with Gasteiger partial charge in [0.1, 0.15) is 12.4 Å². The van der Waals surface area contributed by atoms with Crippen LogP contribution in [0.4, 0.5) is 18.0 Å². The molecule has 7 heteroatoms. The normalized spacial score (nSPS) is 10.9. The average Bonchev–Trinajstić information content (AvgIpc) is 2.31. The molecule has 0 unspecified atom stereocenters. The van der Waals surface area contributed by atoms with E-state index in [1.54, 1.807) is 6.07 Å². The summed E-state index contributed by atoms with van der Waals surface area (Å²) < 4.78 is 44.4. The first-order valence-electron chi connectivity index (χ1n) is 5.54. The molecule has 0 fully saturated rings. The van der Waals surface area contributed by atoms with Crippen LogP contribution >= 0.6 is 0 Å². The van der Waals surface area contributed by atoms with E-state index in [9.17, 15) is 18.0 Å². The standard InChI is InChI=1S/C12H14F3NO3/c1-9-3-2-4-10(7-9)18-6-5-16-11(17)19-8-12(13,14)15/h2-4,7H,5-6,8H2,1H3,(H,16,17). The van der Waals surface area contributed by atoms with E-state index >= 15 is 0 Å². The van der Waals surface area contributed by atoms with Crippen LogP contribution in [0, 0.1) is 6.92 Å². The number of nitrogens with one attached hydrogen (secondary N) is 1. The highest BCUT2D eigenvalue weighted by molar-refractivity contribution is 5.67. The molecule has 0 spiro atoms. The van der Waals surface area contributed by atoms with E-state index in [0.717, 1.165) is 5.56 Å². The lowest BCUT2D eigenvalue weighted by Crippen LogP contribution is -2.31. The molecular weight excluding hydrogens is 263 g/mol. The molecule has 1 aromatic carbocycles. The quantitative estimate of drug-likeness (QED) is 0.842. The Morgan fingerprint density at radius 2 is 2.11 bits per heavy atom. The number of aryl methyl sites for hydroxylation is 1. The summed E-state index contributed by atoms with van der Waals surface area (Å²) in [4.78, 5) is 10.9. The van der Waals surface area contributed by atoms with Gasteiger partial charge in [-0.25, -0.2) is 4.79 Å². The van der Waals surface area contributed by atoms with Gasteiger partial charge in [-0.05, 0) is 24.6 Å². The van der Waals surface area contributed by atoms with E-state index in [-0.39, 0.29) is 13.2 Å².